The van der Waals surface area contributed by atoms with Gasteiger partial charge in [-0.05, 0) is 62.2 Å². The molecule has 0 radical (unpaired) electrons. The number of primary amides is 1. The Morgan fingerprint density at radius 1 is 1.04 bits per heavy atom. The highest BCUT2D eigenvalue weighted by Crippen LogP contribution is 2.19. The van der Waals surface area contributed by atoms with Crippen molar-refractivity contribution in [1.29, 1.82) is 0 Å². The summed E-state index contributed by atoms with van der Waals surface area (Å²) in [6.07, 6.45) is 0. The molecule has 2 rings (SSSR count). The fourth-order valence-electron chi connectivity index (χ4n) is 2.17. The fourth-order valence-corrected chi connectivity index (χ4v) is 2.17. The zero-order valence-electron chi connectivity index (χ0n) is 13.5. The van der Waals surface area contributed by atoms with Crippen LogP contribution in [0.4, 0.5) is 11.4 Å². The van der Waals surface area contributed by atoms with E-state index in [9.17, 15) is 9.59 Å². The van der Waals surface area contributed by atoms with Crippen molar-refractivity contribution in [3.63, 3.8) is 0 Å². The second-order valence-corrected chi connectivity index (χ2v) is 5.54. The lowest BCUT2D eigenvalue weighted by Gasteiger charge is -2.18. The van der Waals surface area contributed by atoms with Crippen LogP contribution in [0, 0.1) is 13.8 Å². The quantitative estimate of drug-likeness (QED) is 0.794. The van der Waals surface area contributed by atoms with Crippen LogP contribution < -0.4 is 16.4 Å². The lowest BCUT2D eigenvalue weighted by atomic mass is 10.1. The molecule has 120 valence electrons. The van der Waals surface area contributed by atoms with Gasteiger partial charge in [0.1, 0.15) is 6.04 Å². The molecule has 4 N–H and O–H groups in total. The predicted octanol–water partition coefficient (Wildman–Crippen LogP) is 2.84. The Morgan fingerprint density at radius 3 is 2.30 bits per heavy atom. The highest BCUT2D eigenvalue weighted by molar-refractivity contribution is 5.97. The minimum Gasteiger partial charge on any atom is -0.374 e. The van der Waals surface area contributed by atoms with E-state index in [4.69, 9.17) is 5.73 Å². The zero-order chi connectivity index (χ0) is 17.0. The van der Waals surface area contributed by atoms with Gasteiger partial charge in [0, 0.05) is 16.9 Å². The van der Waals surface area contributed by atoms with Crippen LogP contribution in [-0.2, 0) is 4.79 Å². The van der Waals surface area contributed by atoms with Crippen LogP contribution >= 0.6 is 0 Å². The lowest BCUT2D eigenvalue weighted by Crippen LogP contribution is -2.32. The standard InChI is InChI=1S/C18H21N3O2/c1-11-5-4-6-16(12(11)2)20-13(3)18(23)21-15-9-7-14(8-10-15)17(19)22/h4-10,13,20H,1-3H3,(H2,19,22)(H,21,23). The monoisotopic (exact) mass is 311 g/mol. The van der Waals surface area contributed by atoms with Gasteiger partial charge in [0.05, 0.1) is 0 Å². The molecule has 2 aromatic carbocycles. The van der Waals surface area contributed by atoms with Gasteiger partial charge in [0.25, 0.3) is 0 Å². The van der Waals surface area contributed by atoms with Gasteiger partial charge in [-0.1, -0.05) is 12.1 Å². The Labute approximate surface area is 135 Å². The number of hydrogen-bond donors (Lipinski definition) is 3. The summed E-state index contributed by atoms with van der Waals surface area (Å²) in [5.74, 6) is -0.648. The molecule has 0 aliphatic carbocycles. The Hall–Kier alpha value is -2.82. The van der Waals surface area contributed by atoms with Gasteiger partial charge in [-0.15, -0.1) is 0 Å². The molecule has 2 aromatic rings. The topological polar surface area (TPSA) is 84.2 Å². The first kappa shape index (κ1) is 16.5. The molecule has 23 heavy (non-hydrogen) atoms. The third kappa shape index (κ3) is 4.10. The summed E-state index contributed by atoms with van der Waals surface area (Å²) < 4.78 is 0. The van der Waals surface area contributed by atoms with Crippen molar-refractivity contribution >= 4 is 23.2 Å². The molecule has 2 amide bonds. The largest absolute Gasteiger partial charge is 0.374 e. The van der Waals surface area contributed by atoms with Gasteiger partial charge in [-0.2, -0.15) is 0 Å². The minimum atomic E-state index is -0.493. The molecule has 5 nitrogen and oxygen atoms in total. The maximum absolute atomic E-state index is 12.3. The molecule has 0 aliphatic heterocycles. The summed E-state index contributed by atoms with van der Waals surface area (Å²) in [5, 5.41) is 6.02. The van der Waals surface area contributed by atoms with Gasteiger partial charge in [-0.3, -0.25) is 9.59 Å². The normalized spacial score (nSPS) is 11.6. The first-order valence-electron chi connectivity index (χ1n) is 7.42. The Balaban J connectivity index is 2.02. The van der Waals surface area contributed by atoms with Crippen molar-refractivity contribution in [2.75, 3.05) is 10.6 Å². The van der Waals surface area contributed by atoms with Gasteiger partial charge >= 0.3 is 0 Å². The van der Waals surface area contributed by atoms with Crippen LogP contribution in [0.5, 0.6) is 0 Å². The fraction of sp³-hybridized carbons (Fsp3) is 0.222. The number of nitrogens with one attached hydrogen (secondary N) is 2. The van der Waals surface area contributed by atoms with E-state index in [1.807, 2.05) is 32.0 Å². The molecule has 0 saturated carbocycles. The number of nitrogens with two attached hydrogens (primary N) is 1. The van der Waals surface area contributed by atoms with Gasteiger partial charge in [-0.25, -0.2) is 0 Å². The van der Waals surface area contributed by atoms with Crippen LogP contribution in [0.2, 0.25) is 0 Å². The van der Waals surface area contributed by atoms with E-state index in [0.717, 1.165) is 11.3 Å². The number of carbonyl (C=O) groups excluding carboxylic acids is 2. The number of aryl methyl sites for hydroxylation is 1. The number of anilines is 2. The van der Waals surface area contributed by atoms with Gasteiger partial charge in [0.15, 0.2) is 0 Å². The van der Waals surface area contributed by atoms with E-state index in [-0.39, 0.29) is 5.91 Å². The molecule has 0 heterocycles. The summed E-state index contributed by atoms with van der Waals surface area (Å²) in [6.45, 7) is 5.85. The highest BCUT2D eigenvalue weighted by Gasteiger charge is 2.14. The van der Waals surface area contributed by atoms with E-state index in [0.29, 0.717) is 11.3 Å². The molecule has 1 atom stereocenters. The first-order valence-corrected chi connectivity index (χ1v) is 7.42. The first-order chi connectivity index (χ1) is 10.9. The van der Waals surface area contributed by atoms with Crippen LogP contribution in [0.15, 0.2) is 42.5 Å². The third-order valence-electron chi connectivity index (χ3n) is 3.81. The van der Waals surface area contributed by atoms with E-state index >= 15 is 0 Å². The van der Waals surface area contributed by atoms with Crippen LogP contribution in [-0.4, -0.2) is 17.9 Å². The summed E-state index contributed by atoms with van der Waals surface area (Å²) in [6, 6.07) is 12.0. The van der Waals surface area contributed by atoms with E-state index < -0.39 is 11.9 Å². The zero-order valence-corrected chi connectivity index (χ0v) is 13.5. The molecule has 0 aliphatic rings. The Morgan fingerprint density at radius 2 is 1.70 bits per heavy atom. The molecule has 0 saturated heterocycles. The Kier molecular flexibility index (Phi) is 5.01. The molecule has 0 bridgehead atoms. The smallest absolute Gasteiger partial charge is 0.248 e. The van der Waals surface area contributed by atoms with Gasteiger partial charge < -0.3 is 16.4 Å². The predicted molar refractivity (Wildman–Crippen MR) is 92.6 cm³/mol. The van der Waals surface area contributed by atoms with Crippen molar-refractivity contribution in [1.82, 2.24) is 0 Å². The second-order valence-electron chi connectivity index (χ2n) is 5.54. The molecular weight excluding hydrogens is 290 g/mol. The van der Waals surface area contributed by atoms with E-state index in [1.54, 1.807) is 31.2 Å². The third-order valence-corrected chi connectivity index (χ3v) is 3.81. The Bertz CT molecular complexity index is 724. The van der Waals surface area contributed by atoms with Crippen molar-refractivity contribution in [2.45, 2.75) is 26.8 Å². The molecular formula is C18H21N3O2. The van der Waals surface area contributed by atoms with Crippen molar-refractivity contribution in [3.8, 4) is 0 Å². The average Bonchev–Trinajstić information content (AvgIpc) is 2.52. The van der Waals surface area contributed by atoms with Crippen molar-refractivity contribution in [2.24, 2.45) is 5.73 Å². The lowest BCUT2D eigenvalue weighted by molar-refractivity contribution is -0.116. The number of carbonyl (C=O) groups is 2. The summed E-state index contributed by atoms with van der Waals surface area (Å²) in [5.41, 5.74) is 9.45. The van der Waals surface area contributed by atoms with Crippen LogP contribution in [0.25, 0.3) is 0 Å². The summed E-state index contributed by atoms with van der Waals surface area (Å²) >= 11 is 0. The summed E-state index contributed by atoms with van der Waals surface area (Å²) in [4.78, 5) is 23.3. The second kappa shape index (κ2) is 6.96. The van der Waals surface area contributed by atoms with Crippen molar-refractivity contribution in [3.05, 3.63) is 59.2 Å². The maximum atomic E-state index is 12.3. The molecule has 0 aromatic heterocycles. The van der Waals surface area contributed by atoms with Crippen LogP contribution in [0.3, 0.4) is 0 Å². The summed E-state index contributed by atoms with van der Waals surface area (Å²) in [7, 11) is 0. The highest BCUT2D eigenvalue weighted by atomic mass is 16.2. The molecule has 0 spiro atoms. The maximum Gasteiger partial charge on any atom is 0.248 e. The molecule has 1 unspecified atom stereocenters. The van der Waals surface area contributed by atoms with E-state index in [2.05, 4.69) is 10.6 Å². The van der Waals surface area contributed by atoms with Crippen molar-refractivity contribution < 1.29 is 9.59 Å². The molecule has 0 fully saturated rings. The number of benzene rings is 2. The van der Waals surface area contributed by atoms with E-state index in [1.165, 1.54) is 5.56 Å². The number of amides is 2. The number of hydrogen-bond acceptors (Lipinski definition) is 3. The van der Waals surface area contributed by atoms with Gasteiger partial charge in [0.2, 0.25) is 11.8 Å². The number of rotatable bonds is 5. The SMILES string of the molecule is Cc1cccc(NC(C)C(=O)Nc2ccc(C(N)=O)cc2)c1C. The minimum absolute atomic E-state index is 0.155. The average molecular weight is 311 g/mol. The van der Waals surface area contributed by atoms with Crippen LogP contribution in [0.1, 0.15) is 28.4 Å². The molecule has 5 heteroatoms.